The standard InChI is InChI=1S/C11HF5S4.2C10H5NO2S3.3C9H5NO2S2/c12-3-1(4(13)6(15)7(16)5(3)14)2-8(17)10(19)11(20)9(2)18;12-11(13)6-3-1-2-5(4-6)7-8(14)10(16)9(7)15;12-11(13)6-4-2-1-3-5(6)7-8(14)10(16)9(7)15;11-10(12)6-3-1-5(2-4-6)7-8(13)9(7)14;11-10(12)6-3-1-2-5(4-6)7-8(13)9(7)14;11-10(12)6-4-2-1-3-5(6)7-8(13)9(7)14/h17H;2*1-4,14H;3*1-4,13H. The Morgan fingerprint density at radius 2 is 0.564 bits per heavy atom. The van der Waals surface area contributed by atoms with Crippen LogP contribution in [-0.2, 0) is 0 Å². The summed E-state index contributed by atoms with van der Waals surface area (Å²) in [6, 6.07) is 31.9. The van der Waals surface area contributed by atoms with E-state index >= 15 is 0 Å². The van der Waals surface area contributed by atoms with Gasteiger partial charge in [-0.2, -0.15) is 0 Å². The lowest BCUT2D eigenvalue weighted by molar-refractivity contribution is -0.385. The molecule has 12 rings (SSSR count). The molecule has 474 valence electrons. The molecule has 0 aromatic heterocycles. The summed E-state index contributed by atoms with van der Waals surface area (Å²) in [7, 11) is 0. The number of nitrogens with zero attached hydrogens (tertiary/aromatic N) is 5. The minimum absolute atomic E-state index is 0.0221. The number of rotatable bonds is 11. The van der Waals surface area contributed by atoms with Crippen LogP contribution in [0.15, 0.2) is 151 Å². The lowest BCUT2D eigenvalue weighted by Crippen LogP contribution is -2.04. The van der Waals surface area contributed by atoms with E-state index in [2.05, 4.69) is 75.8 Å². The third-order valence-electron chi connectivity index (χ3n) is 13.0. The number of nitro groups is 5. The van der Waals surface area contributed by atoms with E-state index in [9.17, 15) is 72.5 Å². The van der Waals surface area contributed by atoms with Crippen molar-refractivity contribution in [3.05, 3.63) is 246 Å². The van der Waals surface area contributed by atoms with Gasteiger partial charge in [0.25, 0.3) is 28.4 Å². The number of benzene rings is 6. The van der Waals surface area contributed by atoms with E-state index in [0.29, 0.717) is 64.0 Å². The first-order valence-corrected chi connectivity index (χ1v) is 31.7. The predicted octanol–water partition coefficient (Wildman–Crippen LogP) is 22.6. The van der Waals surface area contributed by atoms with E-state index in [-0.39, 0.29) is 46.9 Å². The van der Waals surface area contributed by atoms with Gasteiger partial charge in [-0.05, 0) is 41.0 Å². The highest BCUT2D eigenvalue weighted by atomic mass is 32.1. The van der Waals surface area contributed by atoms with Crippen molar-refractivity contribution in [2.24, 2.45) is 0 Å². The molecule has 0 atom stereocenters. The topological polar surface area (TPSA) is 216 Å². The largest absolute Gasteiger partial charge is 0.277 e. The van der Waals surface area contributed by atoms with Gasteiger partial charge >= 0.3 is 0 Å². The van der Waals surface area contributed by atoms with Crippen LogP contribution in [-0.4, -0.2) is 24.6 Å². The Labute approximate surface area is 609 Å². The zero-order valence-electron chi connectivity index (χ0n) is 45.5. The highest BCUT2D eigenvalue weighted by Crippen LogP contribution is 2.45. The Morgan fingerprint density at radius 3 is 0.894 bits per heavy atom. The molecule has 0 saturated heterocycles. The van der Waals surface area contributed by atoms with Crippen molar-refractivity contribution in [1.82, 2.24) is 0 Å². The van der Waals surface area contributed by atoms with Gasteiger partial charge in [-0.1, -0.05) is 171 Å². The van der Waals surface area contributed by atoms with Gasteiger partial charge in [-0.25, -0.2) is 22.0 Å². The molecule has 0 unspecified atom stereocenters. The minimum atomic E-state index is -2.25. The van der Waals surface area contributed by atoms with Gasteiger partial charge in [-0.15, -0.1) is 75.8 Å². The van der Waals surface area contributed by atoms with Crippen LogP contribution in [0.4, 0.5) is 50.4 Å². The van der Waals surface area contributed by atoms with Crippen LogP contribution in [0, 0.1) is 125 Å². The van der Waals surface area contributed by atoms with Crippen molar-refractivity contribution >= 4 is 226 Å². The maximum absolute atomic E-state index is 13.7. The van der Waals surface area contributed by atoms with Crippen molar-refractivity contribution in [3.8, 4) is 66.8 Å². The molecule has 12 aromatic carbocycles. The molecule has 0 aliphatic heterocycles. The molecule has 15 nitrogen and oxygen atoms in total. The Hall–Kier alpha value is -6.59. The first-order chi connectivity index (χ1) is 44.1. The first-order valence-electron chi connectivity index (χ1n) is 24.9. The third-order valence-corrected chi connectivity index (χ3v) is 21.2. The van der Waals surface area contributed by atoms with E-state index in [1.165, 1.54) is 48.5 Å². The molecule has 0 aliphatic carbocycles. The molecular formula is C58H26F5N5O10S16. The van der Waals surface area contributed by atoms with Crippen LogP contribution in [0.1, 0.15) is 0 Å². The van der Waals surface area contributed by atoms with Crippen LogP contribution in [0.25, 0.3) is 66.8 Å². The highest BCUT2D eigenvalue weighted by molar-refractivity contribution is 7.83. The molecule has 0 spiro atoms. The Balaban J connectivity index is 0.000000160. The number of hydrogen-bond donors (Lipinski definition) is 6. The summed E-state index contributed by atoms with van der Waals surface area (Å²) in [5.41, 5.74) is 5.93. The monoisotopic (exact) mass is 1560 g/mol. The number of non-ortho nitro benzene ring substituents is 3. The number of thiol groups is 6. The van der Waals surface area contributed by atoms with Gasteiger partial charge in [0.1, 0.15) is 0 Å². The summed E-state index contributed by atoms with van der Waals surface area (Å²) in [6.07, 6.45) is 0. The average molecular weight is 1560 g/mol. The molecule has 0 amide bonds. The quantitative estimate of drug-likeness (QED) is 0.0135. The fourth-order valence-electron chi connectivity index (χ4n) is 8.14. The number of halogens is 5. The molecule has 0 bridgehead atoms. The van der Waals surface area contributed by atoms with Crippen LogP contribution in [0.2, 0.25) is 0 Å². The van der Waals surface area contributed by atoms with Gasteiger partial charge in [0.05, 0.1) is 86.4 Å². The highest BCUT2D eigenvalue weighted by Gasteiger charge is 2.30. The van der Waals surface area contributed by atoms with Gasteiger partial charge in [-0.3, -0.25) is 50.6 Å². The van der Waals surface area contributed by atoms with Crippen molar-refractivity contribution in [1.29, 1.82) is 0 Å². The zero-order valence-corrected chi connectivity index (χ0v) is 59.1. The van der Waals surface area contributed by atoms with E-state index in [1.54, 1.807) is 72.8 Å². The second kappa shape index (κ2) is 31.1. The SMILES string of the molecule is Fc1c(F)c(F)c(-c2c(S)c(=S)c(=S)c2=S)c(F)c1F.O=[N+]([O-])c1ccc(-c2c(S)c2=S)cc1.O=[N+]([O-])c1cccc(-c2c(S)c(=S)c2=S)c1.O=[N+]([O-])c1cccc(-c2c(S)c2=S)c1.O=[N+]([O-])c1ccccc1-c1c(S)c(=S)c1=S.O=[N+]([O-])c1ccccc1-c1c(S)c1=S. The molecule has 12 aromatic rings. The van der Waals surface area contributed by atoms with E-state index in [0.717, 1.165) is 47.7 Å². The van der Waals surface area contributed by atoms with Crippen molar-refractivity contribution < 1.29 is 46.6 Å². The normalized spacial score (nSPS) is 10.7. The maximum atomic E-state index is 13.7. The second-order valence-corrected chi connectivity index (χ2v) is 25.3. The Kier molecular flexibility index (Phi) is 24.7. The molecule has 0 radical (unpaired) electrons. The Bertz CT molecular complexity index is 5470. The third kappa shape index (κ3) is 15.9. The van der Waals surface area contributed by atoms with E-state index < -0.39 is 64.8 Å². The van der Waals surface area contributed by atoms with Crippen LogP contribution >= 0.6 is 198 Å². The molecule has 0 N–H and O–H groups in total. The van der Waals surface area contributed by atoms with Crippen LogP contribution in [0.5, 0.6) is 0 Å². The van der Waals surface area contributed by atoms with Gasteiger partial charge in [0.2, 0.25) is 5.82 Å². The molecule has 36 heteroatoms. The fourth-order valence-corrected chi connectivity index (χ4v) is 13.4. The summed E-state index contributed by atoms with van der Waals surface area (Å²) in [6.45, 7) is 0. The van der Waals surface area contributed by atoms with Crippen LogP contribution in [0.3, 0.4) is 0 Å². The smallest absolute Gasteiger partial charge is 0.258 e. The van der Waals surface area contributed by atoms with E-state index in [1.807, 2.05) is 0 Å². The first kappa shape index (κ1) is 74.8. The predicted molar refractivity (Wildman–Crippen MR) is 390 cm³/mol. The summed E-state index contributed by atoms with van der Waals surface area (Å²) in [4.78, 5) is 54.2. The zero-order chi connectivity index (χ0) is 70.0. The summed E-state index contributed by atoms with van der Waals surface area (Å²) in [5, 5.41) is 53.0. The molecule has 0 heterocycles. The number of nitro benzene ring substituents is 5. The second-order valence-electron chi connectivity index (χ2n) is 18.5. The van der Waals surface area contributed by atoms with Gasteiger partial charge in [0.15, 0.2) is 23.3 Å². The average Bonchev–Trinajstić information content (AvgIpc) is 1.14. The number of hydrogen-bond acceptors (Lipinski definition) is 26. The summed E-state index contributed by atoms with van der Waals surface area (Å²) >= 11 is 74.1. The summed E-state index contributed by atoms with van der Waals surface area (Å²) < 4.78 is 70.6. The van der Waals surface area contributed by atoms with Crippen molar-refractivity contribution in [2.75, 3.05) is 0 Å². The molecule has 0 fully saturated rings. The van der Waals surface area contributed by atoms with Crippen LogP contribution < -0.4 is 0 Å². The lowest BCUT2D eigenvalue weighted by Gasteiger charge is -2.09. The van der Waals surface area contributed by atoms with Gasteiger partial charge in [0, 0.05) is 111 Å². The van der Waals surface area contributed by atoms with Crippen molar-refractivity contribution in [3.63, 3.8) is 0 Å². The number of para-hydroxylation sites is 2. The summed E-state index contributed by atoms with van der Waals surface area (Å²) in [5.74, 6) is -10.4. The van der Waals surface area contributed by atoms with Gasteiger partial charge < -0.3 is 0 Å². The molecular weight excluding hydrogens is 1530 g/mol. The molecule has 94 heavy (non-hydrogen) atoms. The van der Waals surface area contributed by atoms with Crippen molar-refractivity contribution in [2.45, 2.75) is 29.4 Å². The molecule has 0 saturated carbocycles. The fraction of sp³-hybridized carbons (Fsp3) is 0. The Morgan fingerprint density at radius 1 is 0.266 bits per heavy atom. The van der Waals surface area contributed by atoms with E-state index in [4.69, 9.17) is 122 Å². The minimum Gasteiger partial charge on any atom is -0.258 e. The maximum Gasteiger partial charge on any atom is 0.277 e. The lowest BCUT2D eigenvalue weighted by atomic mass is 10.0. The molecule has 0 aliphatic rings.